The molecule has 3 rings (SSSR count). The minimum Gasteiger partial charge on any atom is -0.482 e. The lowest BCUT2D eigenvalue weighted by atomic mass is 9.97. The van der Waals surface area contributed by atoms with Crippen LogP contribution in [0.3, 0.4) is 0 Å². The first-order chi connectivity index (χ1) is 9.56. The lowest BCUT2D eigenvalue weighted by Crippen LogP contribution is -2.25. The Morgan fingerprint density at radius 3 is 2.65 bits per heavy atom. The number of carbonyl (C=O) groups excluding carboxylic acids is 1. The van der Waals surface area contributed by atoms with E-state index in [2.05, 4.69) is 10.3 Å². The van der Waals surface area contributed by atoms with Gasteiger partial charge in [0.1, 0.15) is 5.75 Å². The van der Waals surface area contributed by atoms with Gasteiger partial charge in [-0.1, -0.05) is 11.6 Å². The molecule has 2 aromatic rings. The normalized spacial score (nSPS) is 13.4. The van der Waals surface area contributed by atoms with Crippen molar-refractivity contribution in [2.75, 3.05) is 11.9 Å². The van der Waals surface area contributed by atoms with E-state index in [0.29, 0.717) is 16.5 Å². The van der Waals surface area contributed by atoms with Crippen molar-refractivity contribution in [1.82, 2.24) is 4.98 Å². The third-order valence-corrected chi connectivity index (χ3v) is 3.61. The predicted octanol–water partition coefficient (Wildman–Crippen LogP) is 3.35. The number of carbonyl (C=O) groups is 1. The Hall–Kier alpha value is -2.07. The third-order valence-electron chi connectivity index (χ3n) is 3.30. The maximum absolute atomic E-state index is 11.3. The van der Waals surface area contributed by atoms with Crippen LogP contribution < -0.4 is 10.1 Å². The molecular formula is C15H13ClN2O2. The van der Waals surface area contributed by atoms with Gasteiger partial charge in [-0.05, 0) is 42.7 Å². The highest BCUT2D eigenvalue weighted by molar-refractivity contribution is 6.34. The van der Waals surface area contributed by atoms with Crippen molar-refractivity contribution >= 4 is 23.2 Å². The van der Waals surface area contributed by atoms with Crippen LogP contribution in [0.5, 0.6) is 5.75 Å². The van der Waals surface area contributed by atoms with E-state index in [1.807, 2.05) is 19.9 Å². The van der Waals surface area contributed by atoms with E-state index in [1.165, 1.54) is 0 Å². The quantitative estimate of drug-likeness (QED) is 0.875. The Labute approximate surface area is 121 Å². The zero-order chi connectivity index (χ0) is 14.3. The molecule has 20 heavy (non-hydrogen) atoms. The first kappa shape index (κ1) is 12.9. The molecule has 0 radical (unpaired) electrons. The lowest BCUT2D eigenvalue weighted by Gasteiger charge is -2.20. The number of hydrogen-bond acceptors (Lipinski definition) is 3. The number of rotatable bonds is 1. The van der Waals surface area contributed by atoms with E-state index in [9.17, 15) is 4.79 Å². The Kier molecular flexibility index (Phi) is 3.10. The molecule has 0 fully saturated rings. The average molecular weight is 289 g/mol. The van der Waals surface area contributed by atoms with Crippen molar-refractivity contribution in [2.24, 2.45) is 0 Å². The summed E-state index contributed by atoms with van der Waals surface area (Å²) in [5.41, 5.74) is 4.64. The minimum absolute atomic E-state index is 0.0301. The Balaban J connectivity index is 2.18. The Morgan fingerprint density at radius 2 is 1.95 bits per heavy atom. The van der Waals surface area contributed by atoms with Gasteiger partial charge in [0.15, 0.2) is 6.61 Å². The minimum atomic E-state index is -0.169. The number of nitrogens with zero attached hydrogens (tertiary/aromatic N) is 1. The molecule has 0 saturated carbocycles. The first-order valence-electron chi connectivity index (χ1n) is 6.24. The fourth-order valence-corrected chi connectivity index (χ4v) is 2.68. The number of benzene rings is 1. The molecule has 0 bridgehead atoms. The SMILES string of the molecule is Cc1cncc(C)c1-c1cc2c(cc1Cl)NC(=O)CO2. The maximum atomic E-state index is 11.3. The number of pyridine rings is 1. The van der Waals surface area contributed by atoms with Gasteiger partial charge >= 0.3 is 0 Å². The van der Waals surface area contributed by atoms with Gasteiger partial charge in [-0.15, -0.1) is 0 Å². The number of aryl methyl sites for hydroxylation is 2. The molecule has 1 aliphatic rings. The summed E-state index contributed by atoms with van der Waals surface area (Å²) in [6.45, 7) is 4.02. The summed E-state index contributed by atoms with van der Waals surface area (Å²) in [5, 5.41) is 3.32. The highest BCUT2D eigenvalue weighted by Crippen LogP contribution is 2.40. The smallest absolute Gasteiger partial charge is 0.262 e. The van der Waals surface area contributed by atoms with Crippen molar-refractivity contribution in [2.45, 2.75) is 13.8 Å². The summed E-state index contributed by atoms with van der Waals surface area (Å²) >= 11 is 6.36. The van der Waals surface area contributed by atoms with Crippen LogP contribution in [0.1, 0.15) is 11.1 Å². The topological polar surface area (TPSA) is 51.2 Å². The second-order valence-corrected chi connectivity index (χ2v) is 5.22. The molecule has 1 N–H and O–H groups in total. The molecule has 1 amide bonds. The zero-order valence-electron chi connectivity index (χ0n) is 11.2. The van der Waals surface area contributed by atoms with Crippen LogP contribution >= 0.6 is 11.6 Å². The number of nitrogens with one attached hydrogen (secondary N) is 1. The number of anilines is 1. The molecule has 2 heterocycles. The number of amides is 1. The average Bonchev–Trinajstić information content (AvgIpc) is 2.39. The van der Waals surface area contributed by atoms with Gasteiger partial charge < -0.3 is 10.1 Å². The molecule has 102 valence electrons. The number of ether oxygens (including phenoxy) is 1. The molecule has 0 spiro atoms. The van der Waals surface area contributed by atoms with E-state index in [-0.39, 0.29) is 12.5 Å². The van der Waals surface area contributed by atoms with Crippen molar-refractivity contribution in [3.05, 3.63) is 40.7 Å². The monoisotopic (exact) mass is 288 g/mol. The highest BCUT2D eigenvalue weighted by atomic mass is 35.5. The standard InChI is InChI=1S/C15H13ClN2O2/c1-8-5-17-6-9(2)15(8)10-3-13-12(4-11(10)16)18-14(19)7-20-13/h3-6H,7H2,1-2H3,(H,18,19). The van der Waals surface area contributed by atoms with Crippen LogP contribution in [0.15, 0.2) is 24.5 Å². The molecule has 1 aliphatic heterocycles. The summed E-state index contributed by atoms with van der Waals surface area (Å²) in [5.74, 6) is 0.470. The summed E-state index contributed by atoms with van der Waals surface area (Å²) in [4.78, 5) is 15.5. The number of aromatic nitrogens is 1. The van der Waals surface area contributed by atoms with Crippen molar-refractivity contribution in [3.8, 4) is 16.9 Å². The second-order valence-electron chi connectivity index (χ2n) is 4.81. The lowest BCUT2D eigenvalue weighted by molar-refractivity contribution is -0.118. The van der Waals surface area contributed by atoms with Gasteiger partial charge in [-0.2, -0.15) is 0 Å². The largest absolute Gasteiger partial charge is 0.482 e. The fourth-order valence-electron chi connectivity index (χ4n) is 2.42. The van der Waals surface area contributed by atoms with Gasteiger partial charge in [0, 0.05) is 18.0 Å². The molecule has 1 aromatic carbocycles. The Bertz CT molecular complexity index is 693. The van der Waals surface area contributed by atoms with Crippen molar-refractivity contribution < 1.29 is 9.53 Å². The summed E-state index contributed by atoms with van der Waals surface area (Å²) in [6, 6.07) is 3.59. The van der Waals surface area contributed by atoms with E-state index < -0.39 is 0 Å². The van der Waals surface area contributed by atoms with Gasteiger partial charge in [-0.25, -0.2) is 0 Å². The van der Waals surface area contributed by atoms with Crippen LogP contribution in [0, 0.1) is 13.8 Å². The molecule has 4 nitrogen and oxygen atoms in total. The number of hydrogen-bond donors (Lipinski definition) is 1. The van der Waals surface area contributed by atoms with Gasteiger partial charge in [0.05, 0.1) is 10.7 Å². The number of fused-ring (bicyclic) bond motifs is 1. The molecule has 0 saturated heterocycles. The number of halogens is 1. The summed E-state index contributed by atoms with van der Waals surface area (Å²) in [6.07, 6.45) is 3.61. The highest BCUT2D eigenvalue weighted by Gasteiger charge is 2.20. The Morgan fingerprint density at radius 1 is 1.25 bits per heavy atom. The molecule has 5 heteroatoms. The van der Waals surface area contributed by atoms with Crippen LogP contribution in [0.25, 0.3) is 11.1 Å². The second kappa shape index (κ2) is 4.80. The van der Waals surface area contributed by atoms with Crippen LogP contribution in [-0.2, 0) is 4.79 Å². The predicted molar refractivity (Wildman–Crippen MR) is 78.3 cm³/mol. The van der Waals surface area contributed by atoms with Crippen LogP contribution in [0.2, 0.25) is 5.02 Å². The van der Waals surface area contributed by atoms with Crippen molar-refractivity contribution in [3.63, 3.8) is 0 Å². The summed E-state index contributed by atoms with van der Waals surface area (Å²) in [7, 11) is 0. The fraction of sp³-hybridized carbons (Fsp3) is 0.200. The van der Waals surface area contributed by atoms with E-state index >= 15 is 0 Å². The molecule has 0 atom stereocenters. The van der Waals surface area contributed by atoms with E-state index in [1.54, 1.807) is 18.5 Å². The first-order valence-corrected chi connectivity index (χ1v) is 6.62. The van der Waals surface area contributed by atoms with Crippen LogP contribution in [0.4, 0.5) is 5.69 Å². The van der Waals surface area contributed by atoms with Gasteiger partial charge in [0.25, 0.3) is 5.91 Å². The summed E-state index contributed by atoms with van der Waals surface area (Å²) < 4.78 is 5.45. The van der Waals surface area contributed by atoms with E-state index in [4.69, 9.17) is 16.3 Å². The molecule has 0 unspecified atom stereocenters. The molecule has 1 aromatic heterocycles. The maximum Gasteiger partial charge on any atom is 0.262 e. The molecule has 0 aliphatic carbocycles. The van der Waals surface area contributed by atoms with Crippen molar-refractivity contribution in [1.29, 1.82) is 0 Å². The third kappa shape index (κ3) is 2.12. The molecular weight excluding hydrogens is 276 g/mol. The van der Waals surface area contributed by atoms with E-state index in [0.717, 1.165) is 22.3 Å². The van der Waals surface area contributed by atoms with Crippen LogP contribution in [-0.4, -0.2) is 17.5 Å². The van der Waals surface area contributed by atoms with Gasteiger partial charge in [0.2, 0.25) is 0 Å². The van der Waals surface area contributed by atoms with Gasteiger partial charge in [-0.3, -0.25) is 9.78 Å². The zero-order valence-corrected chi connectivity index (χ0v) is 11.9.